The molecule has 0 unspecified atom stereocenters. The first-order valence-electron chi connectivity index (χ1n) is 8.55. The van der Waals surface area contributed by atoms with E-state index in [0.29, 0.717) is 4.91 Å². The second kappa shape index (κ2) is 6.14. The first-order chi connectivity index (χ1) is 12.4. The lowest BCUT2D eigenvalue weighted by atomic mass is 9.79. The van der Waals surface area contributed by atoms with E-state index < -0.39 is 18.0 Å². The Morgan fingerprint density at radius 2 is 1.88 bits per heavy atom. The Hall–Kier alpha value is -2.31. The van der Waals surface area contributed by atoms with Gasteiger partial charge in [-0.2, -0.15) is 0 Å². The largest absolute Gasteiger partial charge is 0.477 e. The van der Waals surface area contributed by atoms with Crippen molar-refractivity contribution >= 4 is 34.4 Å². The average molecular weight is 369 g/mol. The molecular weight excluding hydrogens is 350 g/mol. The molecule has 0 spiro atoms. The van der Waals surface area contributed by atoms with E-state index in [1.54, 1.807) is 6.92 Å². The molecule has 2 aromatic carbocycles. The van der Waals surface area contributed by atoms with Crippen LogP contribution in [0.3, 0.4) is 0 Å². The number of aliphatic hydroxyl groups is 1. The molecule has 6 heteroatoms. The van der Waals surface area contributed by atoms with Crippen molar-refractivity contribution in [1.29, 1.82) is 0 Å². The van der Waals surface area contributed by atoms with Gasteiger partial charge in [-0.25, -0.2) is 4.79 Å². The third kappa shape index (κ3) is 2.44. The van der Waals surface area contributed by atoms with Gasteiger partial charge in [-0.1, -0.05) is 49.0 Å². The number of carbonyl (C=O) groups excluding carboxylic acids is 1. The predicted molar refractivity (Wildman–Crippen MR) is 99.4 cm³/mol. The van der Waals surface area contributed by atoms with Gasteiger partial charge in [0.05, 0.1) is 18.1 Å². The maximum absolute atomic E-state index is 12.4. The monoisotopic (exact) mass is 369 g/mol. The third-order valence-corrected chi connectivity index (χ3v) is 6.53. The molecule has 4 atom stereocenters. The molecular formula is C20H19NO4S. The molecule has 2 N–H and O–H groups in total. The van der Waals surface area contributed by atoms with E-state index in [2.05, 4.69) is 0 Å². The minimum Gasteiger partial charge on any atom is -0.477 e. The fourth-order valence-corrected chi connectivity index (χ4v) is 5.20. The number of fused-ring (bicyclic) bond motifs is 2. The van der Waals surface area contributed by atoms with Crippen LogP contribution in [0.15, 0.2) is 58.0 Å². The summed E-state index contributed by atoms with van der Waals surface area (Å²) in [6, 6.07) is 13.7. The molecule has 26 heavy (non-hydrogen) atoms. The van der Waals surface area contributed by atoms with Gasteiger partial charge in [0.1, 0.15) is 5.70 Å². The van der Waals surface area contributed by atoms with E-state index in [1.165, 1.54) is 16.7 Å². The molecule has 1 saturated heterocycles. The molecule has 134 valence electrons. The third-order valence-electron chi connectivity index (χ3n) is 5.26. The molecule has 4 rings (SSSR count). The number of carbonyl (C=O) groups is 2. The van der Waals surface area contributed by atoms with E-state index in [9.17, 15) is 19.8 Å². The Bertz CT molecular complexity index is 952. The molecule has 1 fully saturated rings. The Morgan fingerprint density at radius 3 is 2.54 bits per heavy atom. The summed E-state index contributed by atoms with van der Waals surface area (Å²) in [4.78, 5) is 27.2. The summed E-state index contributed by atoms with van der Waals surface area (Å²) < 4.78 is 0. The van der Waals surface area contributed by atoms with Gasteiger partial charge in [0, 0.05) is 15.7 Å². The minimum atomic E-state index is -1.10. The highest BCUT2D eigenvalue weighted by molar-refractivity contribution is 8.03. The van der Waals surface area contributed by atoms with Crippen LogP contribution in [0.2, 0.25) is 0 Å². The summed E-state index contributed by atoms with van der Waals surface area (Å²) in [6.07, 6.45) is -0.786. The molecule has 5 nitrogen and oxygen atoms in total. The Labute approximate surface area is 155 Å². The number of thioether (sulfide) groups is 1. The molecule has 0 aliphatic carbocycles. The van der Waals surface area contributed by atoms with Gasteiger partial charge < -0.3 is 15.1 Å². The minimum absolute atomic E-state index is 0.0579. The first-order valence-corrected chi connectivity index (χ1v) is 9.37. The lowest BCUT2D eigenvalue weighted by molar-refractivity contribution is -0.163. The van der Waals surface area contributed by atoms with Gasteiger partial charge in [0.25, 0.3) is 0 Å². The topological polar surface area (TPSA) is 77.8 Å². The van der Waals surface area contributed by atoms with Crippen LogP contribution in [0.1, 0.15) is 13.8 Å². The number of aliphatic hydroxyl groups excluding tert-OH is 1. The zero-order chi connectivity index (χ0) is 18.6. The van der Waals surface area contributed by atoms with Crippen LogP contribution in [0.4, 0.5) is 0 Å². The predicted octanol–water partition coefficient (Wildman–Crippen LogP) is 3.09. The highest BCUT2D eigenvalue weighted by atomic mass is 32.2. The van der Waals surface area contributed by atoms with Gasteiger partial charge in [-0.05, 0) is 29.8 Å². The maximum Gasteiger partial charge on any atom is 0.353 e. The number of β-lactam (4-membered cyclic amide) rings is 1. The highest BCUT2D eigenvalue weighted by Crippen LogP contribution is 2.52. The van der Waals surface area contributed by atoms with Crippen LogP contribution in [0.5, 0.6) is 0 Å². The Balaban J connectivity index is 1.72. The number of benzene rings is 2. The zero-order valence-electron chi connectivity index (χ0n) is 14.4. The second-order valence-corrected chi connectivity index (χ2v) is 8.00. The quantitative estimate of drug-likeness (QED) is 0.810. The van der Waals surface area contributed by atoms with Crippen molar-refractivity contribution in [2.24, 2.45) is 11.8 Å². The highest BCUT2D eigenvalue weighted by Gasteiger charge is 2.60. The summed E-state index contributed by atoms with van der Waals surface area (Å²) in [7, 11) is 0. The van der Waals surface area contributed by atoms with Crippen molar-refractivity contribution < 1.29 is 19.8 Å². The van der Waals surface area contributed by atoms with Gasteiger partial charge in [0.15, 0.2) is 0 Å². The number of hydrogen-bond donors (Lipinski definition) is 2. The van der Waals surface area contributed by atoms with Crippen molar-refractivity contribution in [3.05, 3.63) is 53.1 Å². The van der Waals surface area contributed by atoms with Crippen LogP contribution in [-0.4, -0.2) is 39.1 Å². The molecule has 2 heterocycles. The summed E-state index contributed by atoms with van der Waals surface area (Å²) in [5.41, 5.74) is 0.0579. The van der Waals surface area contributed by atoms with Crippen LogP contribution in [-0.2, 0) is 9.59 Å². The normalized spacial score (nSPS) is 26.0. The number of amides is 1. The number of carboxylic acids is 1. The summed E-state index contributed by atoms with van der Waals surface area (Å²) in [5.74, 6) is -2.06. The van der Waals surface area contributed by atoms with Gasteiger partial charge in [0.2, 0.25) is 5.91 Å². The SMILES string of the molecule is C[C@@H](O)[C@H]1C(=O)N2C(C(=O)O)=C(Sc3ccc4ccccc4c3)[C@H](C)[C@H]12. The van der Waals surface area contributed by atoms with E-state index in [0.717, 1.165) is 15.7 Å². The van der Waals surface area contributed by atoms with Gasteiger partial charge in [-0.3, -0.25) is 4.79 Å². The number of hydrogen-bond acceptors (Lipinski definition) is 4. The lowest BCUT2D eigenvalue weighted by Gasteiger charge is -2.46. The first kappa shape index (κ1) is 17.1. The summed E-state index contributed by atoms with van der Waals surface area (Å²) in [5, 5.41) is 21.8. The molecule has 0 radical (unpaired) electrons. The van der Waals surface area contributed by atoms with Crippen molar-refractivity contribution in [2.45, 2.75) is 30.9 Å². The second-order valence-electron chi connectivity index (χ2n) is 6.88. The fraction of sp³-hybridized carbons (Fsp3) is 0.300. The Morgan fingerprint density at radius 1 is 1.19 bits per heavy atom. The molecule has 2 aliphatic heterocycles. The van der Waals surface area contributed by atoms with Gasteiger partial charge >= 0.3 is 5.97 Å². The van der Waals surface area contributed by atoms with Crippen molar-refractivity contribution in [3.8, 4) is 0 Å². The van der Waals surface area contributed by atoms with Crippen molar-refractivity contribution in [3.63, 3.8) is 0 Å². The smallest absolute Gasteiger partial charge is 0.353 e. The molecule has 0 bridgehead atoms. The number of aliphatic carboxylic acids is 1. The summed E-state index contributed by atoms with van der Waals surface area (Å²) in [6.45, 7) is 3.51. The Kier molecular flexibility index (Phi) is 4.04. The standard InChI is InChI=1S/C20H19NO4S/c1-10-16-15(11(2)22)19(23)21(16)17(20(24)25)18(10)26-14-8-7-12-5-3-4-6-13(12)9-14/h3-11,15-16,22H,1-2H3,(H,24,25)/t10-,11-,15-,16-/m1/s1. The maximum atomic E-state index is 12.4. The van der Waals surface area contributed by atoms with Crippen LogP contribution < -0.4 is 0 Å². The molecule has 0 saturated carbocycles. The number of nitrogens with zero attached hydrogens (tertiary/aromatic N) is 1. The van der Waals surface area contributed by atoms with E-state index in [1.807, 2.05) is 49.4 Å². The van der Waals surface area contributed by atoms with Crippen molar-refractivity contribution in [1.82, 2.24) is 4.90 Å². The van der Waals surface area contributed by atoms with Crippen LogP contribution in [0.25, 0.3) is 10.8 Å². The molecule has 2 aromatic rings. The van der Waals surface area contributed by atoms with E-state index >= 15 is 0 Å². The molecule has 0 aromatic heterocycles. The number of carboxylic acid groups (broad SMARTS) is 1. The van der Waals surface area contributed by atoms with Crippen LogP contribution in [0, 0.1) is 11.8 Å². The molecule has 2 aliphatic rings. The average Bonchev–Trinajstić information content (AvgIpc) is 2.84. The summed E-state index contributed by atoms with van der Waals surface area (Å²) >= 11 is 1.40. The molecule has 1 amide bonds. The van der Waals surface area contributed by atoms with E-state index in [4.69, 9.17) is 0 Å². The lowest BCUT2D eigenvalue weighted by Crippen LogP contribution is -2.63. The fourth-order valence-electron chi connectivity index (χ4n) is 4.01. The van der Waals surface area contributed by atoms with Crippen LogP contribution >= 0.6 is 11.8 Å². The van der Waals surface area contributed by atoms with Gasteiger partial charge in [-0.15, -0.1) is 0 Å². The zero-order valence-corrected chi connectivity index (χ0v) is 15.2. The van der Waals surface area contributed by atoms with Crippen molar-refractivity contribution in [2.75, 3.05) is 0 Å². The number of rotatable bonds is 4. The van der Waals surface area contributed by atoms with E-state index in [-0.39, 0.29) is 23.6 Å².